The molecule has 0 atom stereocenters. The molecular weight excluding hydrogens is 208 g/mol. The fraction of sp³-hybridized carbons (Fsp3) is 0.500. The fourth-order valence-electron chi connectivity index (χ4n) is 1.91. The van der Waals surface area contributed by atoms with E-state index in [1.165, 1.54) is 0 Å². The summed E-state index contributed by atoms with van der Waals surface area (Å²) >= 11 is 0. The Morgan fingerprint density at radius 3 is 1.25 bits per heavy atom. The van der Waals surface area contributed by atoms with E-state index in [-0.39, 0.29) is 12.6 Å². The van der Waals surface area contributed by atoms with Crippen LogP contribution in [0.25, 0.3) is 0 Å². The predicted octanol–water partition coefficient (Wildman–Crippen LogP) is 1.78. The highest BCUT2D eigenvalue weighted by Gasteiger charge is 2.21. The van der Waals surface area contributed by atoms with Gasteiger partial charge in [0.05, 0.1) is 26.4 Å². The Morgan fingerprint density at radius 1 is 0.625 bits per heavy atom. The van der Waals surface area contributed by atoms with Gasteiger partial charge in [0.2, 0.25) is 0 Å². The van der Waals surface area contributed by atoms with Crippen molar-refractivity contribution >= 4 is 0 Å². The van der Waals surface area contributed by atoms with E-state index in [9.17, 15) is 0 Å². The van der Waals surface area contributed by atoms with Gasteiger partial charge in [-0.3, -0.25) is 0 Å². The highest BCUT2D eigenvalue weighted by Crippen LogP contribution is 2.27. The Labute approximate surface area is 94.1 Å². The molecule has 1 aromatic carbocycles. The molecule has 0 radical (unpaired) electrons. The van der Waals surface area contributed by atoms with E-state index in [1.807, 2.05) is 24.3 Å². The van der Waals surface area contributed by atoms with Gasteiger partial charge in [0.25, 0.3) is 0 Å². The quantitative estimate of drug-likeness (QED) is 0.764. The van der Waals surface area contributed by atoms with Crippen molar-refractivity contribution in [2.45, 2.75) is 12.6 Å². The molecule has 16 heavy (non-hydrogen) atoms. The van der Waals surface area contributed by atoms with Crippen molar-refractivity contribution in [1.82, 2.24) is 0 Å². The number of hydrogen-bond acceptors (Lipinski definition) is 4. The first kappa shape index (κ1) is 10.2. The summed E-state index contributed by atoms with van der Waals surface area (Å²) in [6, 6.07) is 7.99. The minimum atomic E-state index is -0.209. The summed E-state index contributed by atoms with van der Waals surface area (Å²) in [4.78, 5) is 0. The molecule has 0 aromatic heterocycles. The average molecular weight is 222 g/mol. The molecule has 2 saturated heterocycles. The topological polar surface area (TPSA) is 36.9 Å². The third-order valence-electron chi connectivity index (χ3n) is 2.72. The van der Waals surface area contributed by atoms with Crippen LogP contribution >= 0.6 is 0 Å². The molecule has 0 N–H and O–H groups in total. The van der Waals surface area contributed by atoms with E-state index in [2.05, 4.69) is 0 Å². The van der Waals surface area contributed by atoms with Gasteiger partial charge in [0.15, 0.2) is 12.6 Å². The first-order valence-electron chi connectivity index (χ1n) is 5.50. The van der Waals surface area contributed by atoms with Crippen molar-refractivity contribution in [3.05, 3.63) is 35.4 Å². The summed E-state index contributed by atoms with van der Waals surface area (Å²) in [7, 11) is 0. The maximum atomic E-state index is 5.42. The normalized spacial score (nSPS) is 23.0. The maximum Gasteiger partial charge on any atom is 0.184 e. The first-order valence-corrected chi connectivity index (χ1v) is 5.50. The number of ether oxygens (including phenoxy) is 4. The molecule has 1 aromatic rings. The van der Waals surface area contributed by atoms with Gasteiger partial charge in [-0.15, -0.1) is 0 Å². The maximum absolute atomic E-state index is 5.42. The van der Waals surface area contributed by atoms with E-state index < -0.39 is 0 Å². The third-order valence-corrected chi connectivity index (χ3v) is 2.72. The largest absolute Gasteiger partial charge is 0.346 e. The summed E-state index contributed by atoms with van der Waals surface area (Å²) in [6.07, 6.45) is -0.418. The highest BCUT2D eigenvalue weighted by atomic mass is 16.7. The van der Waals surface area contributed by atoms with Crippen LogP contribution in [0.2, 0.25) is 0 Å². The van der Waals surface area contributed by atoms with Gasteiger partial charge in [-0.05, 0) is 0 Å². The van der Waals surface area contributed by atoms with E-state index in [0.717, 1.165) is 11.1 Å². The summed E-state index contributed by atoms with van der Waals surface area (Å²) in [5.74, 6) is 0. The van der Waals surface area contributed by atoms with Crippen molar-refractivity contribution < 1.29 is 18.9 Å². The lowest BCUT2D eigenvalue weighted by Crippen LogP contribution is -2.01. The van der Waals surface area contributed by atoms with E-state index in [0.29, 0.717) is 26.4 Å². The van der Waals surface area contributed by atoms with Gasteiger partial charge >= 0.3 is 0 Å². The van der Waals surface area contributed by atoms with Gasteiger partial charge in [-0.2, -0.15) is 0 Å². The molecule has 2 aliphatic heterocycles. The van der Waals surface area contributed by atoms with Crippen molar-refractivity contribution in [2.24, 2.45) is 0 Å². The Balaban J connectivity index is 1.73. The number of hydrogen-bond donors (Lipinski definition) is 0. The third kappa shape index (κ3) is 1.97. The molecule has 3 rings (SSSR count). The Kier molecular flexibility index (Phi) is 2.88. The molecule has 0 spiro atoms. The smallest absolute Gasteiger partial charge is 0.184 e. The van der Waals surface area contributed by atoms with Gasteiger partial charge in [0, 0.05) is 11.1 Å². The van der Waals surface area contributed by atoms with Crippen LogP contribution in [-0.2, 0) is 18.9 Å². The van der Waals surface area contributed by atoms with Gasteiger partial charge in [-0.25, -0.2) is 0 Å². The van der Waals surface area contributed by atoms with Gasteiger partial charge in [-0.1, -0.05) is 24.3 Å². The molecule has 0 bridgehead atoms. The summed E-state index contributed by atoms with van der Waals surface area (Å²) in [5.41, 5.74) is 2.08. The first-order chi connectivity index (χ1) is 7.93. The molecule has 0 amide bonds. The van der Waals surface area contributed by atoms with Crippen LogP contribution in [0.5, 0.6) is 0 Å². The van der Waals surface area contributed by atoms with Crippen LogP contribution < -0.4 is 0 Å². The van der Waals surface area contributed by atoms with E-state index in [4.69, 9.17) is 18.9 Å². The van der Waals surface area contributed by atoms with E-state index in [1.54, 1.807) is 0 Å². The number of rotatable bonds is 2. The minimum Gasteiger partial charge on any atom is -0.346 e. The van der Waals surface area contributed by atoms with Crippen LogP contribution in [0.15, 0.2) is 24.3 Å². The van der Waals surface area contributed by atoms with Crippen molar-refractivity contribution in [1.29, 1.82) is 0 Å². The second kappa shape index (κ2) is 4.51. The molecule has 2 heterocycles. The van der Waals surface area contributed by atoms with Crippen LogP contribution in [0.4, 0.5) is 0 Å². The molecule has 4 heteroatoms. The predicted molar refractivity (Wildman–Crippen MR) is 55.7 cm³/mol. The second-order valence-corrected chi connectivity index (χ2v) is 3.81. The lowest BCUT2D eigenvalue weighted by molar-refractivity contribution is -0.0468. The van der Waals surface area contributed by atoms with Crippen molar-refractivity contribution in [2.75, 3.05) is 26.4 Å². The molecule has 86 valence electrons. The van der Waals surface area contributed by atoms with Crippen LogP contribution in [0.1, 0.15) is 23.7 Å². The Bertz CT molecular complexity index is 302. The number of benzene rings is 1. The SMILES string of the molecule is c1cc(C2OCCO2)ccc1C1OCCO1. The highest BCUT2D eigenvalue weighted by molar-refractivity contribution is 5.24. The molecule has 4 nitrogen and oxygen atoms in total. The standard InChI is InChI=1S/C12H14O4/c1-2-10(12-15-7-8-16-12)4-3-9(1)11-13-5-6-14-11/h1-4,11-12H,5-8H2. The van der Waals surface area contributed by atoms with Crippen LogP contribution in [0, 0.1) is 0 Å². The summed E-state index contributed by atoms with van der Waals surface area (Å²) in [5, 5.41) is 0. The molecular formula is C12H14O4. The van der Waals surface area contributed by atoms with Crippen molar-refractivity contribution in [3.63, 3.8) is 0 Å². The van der Waals surface area contributed by atoms with Gasteiger partial charge < -0.3 is 18.9 Å². The van der Waals surface area contributed by atoms with Crippen LogP contribution in [-0.4, -0.2) is 26.4 Å². The second-order valence-electron chi connectivity index (χ2n) is 3.81. The molecule has 0 aliphatic carbocycles. The zero-order valence-corrected chi connectivity index (χ0v) is 8.93. The van der Waals surface area contributed by atoms with Crippen LogP contribution in [0.3, 0.4) is 0 Å². The Hall–Kier alpha value is -0.940. The molecule has 0 saturated carbocycles. The lowest BCUT2D eigenvalue weighted by Gasteiger charge is -2.12. The van der Waals surface area contributed by atoms with Crippen molar-refractivity contribution in [3.8, 4) is 0 Å². The summed E-state index contributed by atoms with van der Waals surface area (Å²) in [6.45, 7) is 2.67. The summed E-state index contributed by atoms with van der Waals surface area (Å²) < 4.78 is 21.7. The molecule has 2 aliphatic rings. The molecule has 2 fully saturated rings. The van der Waals surface area contributed by atoms with Gasteiger partial charge in [0.1, 0.15) is 0 Å². The zero-order valence-electron chi connectivity index (χ0n) is 8.93. The zero-order chi connectivity index (χ0) is 10.8. The lowest BCUT2D eigenvalue weighted by atomic mass is 10.1. The minimum absolute atomic E-state index is 0.209. The molecule has 0 unspecified atom stereocenters. The average Bonchev–Trinajstić information content (AvgIpc) is 3.03. The van der Waals surface area contributed by atoms with E-state index >= 15 is 0 Å². The monoisotopic (exact) mass is 222 g/mol. The Morgan fingerprint density at radius 2 is 0.938 bits per heavy atom. The fourth-order valence-corrected chi connectivity index (χ4v) is 1.91.